The van der Waals surface area contributed by atoms with E-state index in [0.29, 0.717) is 11.3 Å². The molecule has 1 saturated heterocycles. The normalized spacial score (nSPS) is 15.0. The molecule has 2 aromatic carbocycles. The molecular formula is C23H30N2O3S2. The number of hydrogen-bond acceptors (Lipinski definition) is 4. The number of hydrogen-bond donors (Lipinski definition) is 1. The number of carbonyl (C=O) groups excluding carboxylic acids is 1. The average molecular weight is 447 g/mol. The van der Waals surface area contributed by atoms with E-state index in [2.05, 4.69) is 4.72 Å². The van der Waals surface area contributed by atoms with Crippen LogP contribution in [0, 0.1) is 6.92 Å². The minimum atomic E-state index is -3.82. The Hall–Kier alpha value is -1.99. The molecule has 1 N–H and O–H groups in total. The lowest BCUT2D eigenvalue weighted by molar-refractivity contribution is 0.0758. The van der Waals surface area contributed by atoms with Gasteiger partial charge in [0.15, 0.2) is 0 Å². The number of nitrogens with one attached hydrogen (secondary N) is 1. The Morgan fingerprint density at radius 1 is 1.10 bits per heavy atom. The number of sulfonamides is 1. The Labute approximate surface area is 184 Å². The fraction of sp³-hybridized carbons (Fsp3) is 0.435. The molecule has 162 valence electrons. The van der Waals surface area contributed by atoms with Crippen LogP contribution < -0.4 is 4.72 Å². The zero-order valence-corrected chi connectivity index (χ0v) is 19.5. The monoisotopic (exact) mass is 446 g/mol. The van der Waals surface area contributed by atoms with Crippen LogP contribution in [0.1, 0.15) is 54.1 Å². The van der Waals surface area contributed by atoms with Gasteiger partial charge in [-0.05, 0) is 61.8 Å². The van der Waals surface area contributed by atoms with Gasteiger partial charge in [0.05, 0.1) is 16.1 Å². The van der Waals surface area contributed by atoms with Gasteiger partial charge in [-0.15, -0.1) is 11.8 Å². The molecule has 0 aromatic heterocycles. The zero-order chi connectivity index (χ0) is 21.7. The highest BCUT2D eigenvalue weighted by atomic mass is 32.2. The SMILES string of the molecule is CCc1cccc(C)c1NS(=O)(=O)c1ccc(SC)c(C(=O)N2CCCCCC2)c1. The molecule has 3 rings (SSSR count). The van der Waals surface area contributed by atoms with Gasteiger partial charge in [-0.2, -0.15) is 0 Å². The van der Waals surface area contributed by atoms with Crippen LogP contribution in [0.25, 0.3) is 0 Å². The summed E-state index contributed by atoms with van der Waals surface area (Å²) in [7, 11) is -3.82. The Kier molecular flexibility index (Phi) is 7.47. The van der Waals surface area contributed by atoms with Crippen LogP contribution in [0.15, 0.2) is 46.2 Å². The van der Waals surface area contributed by atoms with Crippen molar-refractivity contribution in [2.24, 2.45) is 0 Å². The van der Waals surface area contributed by atoms with Gasteiger partial charge in [-0.3, -0.25) is 9.52 Å². The number of rotatable bonds is 6. The van der Waals surface area contributed by atoms with Crippen LogP contribution in [-0.2, 0) is 16.4 Å². The summed E-state index contributed by atoms with van der Waals surface area (Å²) in [5.41, 5.74) is 2.90. The Balaban J connectivity index is 1.96. The molecule has 7 heteroatoms. The summed E-state index contributed by atoms with van der Waals surface area (Å²) in [5.74, 6) is -0.0801. The smallest absolute Gasteiger partial charge is 0.261 e. The number of anilines is 1. The van der Waals surface area contributed by atoms with Crippen molar-refractivity contribution >= 4 is 33.4 Å². The summed E-state index contributed by atoms with van der Waals surface area (Å²) in [4.78, 5) is 16.0. The first-order valence-electron chi connectivity index (χ1n) is 10.5. The Bertz CT molecular complexity index is 1010. The second kappa shape index (κ2) is 9.88. The van der Waals surface area contributed by atoms with E-state index in [-0.39, 0.29) is 10.8 Å². The van der Waals surface area contributed by atoms with E-state index >= 15 is 0 Å². The van der Waals surface area contributed by atoms with Gasteiger partial charge in [0, 0.05) is 18.0 Å². The number of benzene rings is 2. The fourth-order valence-electron chi connectivity index (χ4n) is 3.83. The Morgan fingerprint density at radius 3 is 2.43 bits per heavy atom. The lowest BCUT2D eigenvalue weighted by Gasteiger charge is -2.22. The van der Waals surface area contributed by atoms with Crippen molar-refractivity contribution < 1.29 is 13.2 Å². The molecule has 0 atom stereocenters. The van der Waals surface area contributed by atoms with Gasteiger partial charge in [0.1, 0.15) is 0 Å². The van der Waals surface area contributed by atoms with E-state index < -0.39 is 10.0 Å². The van der Waals surface area contributed by atoms with E-state index in [9.17, 15) is 13.2 Å². The van der Waals surface area contributed by atoms with E-state index in [1.165, 1.54) is 17.8 Å². The molecule has 0 aliphatic carbocycles. The van der Waals surface area contributed by atoms with Crippen molar-refractivity contribution in [1.29, 1.82) is 0 Å². The summed E-state index contributed by atoms with van der Waals surface area (Å²) in [5, 5.41) is 0. The maximum Gasteiger partial charge on any atom is 0.261 e. The highest BCUT2D eigenvalue weighted by Gasteiger charge is 2.24. The third-order valence-electron chi connectivity index (χ3n) is 5.58. The highest BCUT2D eigenvalue weighted by molar-refractivity contribution is 7.98. The molecule has 0 unspecified atom stereocenters. The third kappa shape index (κ3) is 5.01. The summed E-state index contributed by atoms with van der Waals surface area (Å²) < 4.78 is 29.1. The predicted molar refractivity (Wildman–Crippen MR) is 124 cm³/mol. The maximum atomic E-state index is 13.2. The Morgan fingerprint density at radius 2 is 1.80 bits per heavy atom. The van der Waals surface area contributed by atoms with E-state index in [4.69, 9.17) is 0 Å². The molecule has 2 aromatic rings. The van der Waals surface area contributed by atoms with Crippen LogP contribution in [0.4, 0.5) is 5.69 Å². The van der Waals surface area contributed by atoms with Gasteiger partial charge in [-0.1, -0.05) is 38.0 Å². The first-order chi connectivity index (χ1) is 14.4. The summed E-state index contributed by atoms with van der Waals surface area (Å²) in [6.07, 6.45) is 6.88. The zero-order valence-electron chi connectivity index (χ0n) is 17.9. The second-order valence-corrected chi connectivity index (χ2v) is 10.2. The largest absolute Gasteiger partial charge is 0.339 e. The minimum absolute atomic E-state index is 0.0801. The van der Waals surface area contributed by atoms with E-state index in [0.717, 1.165) is 61.2 Å². The molecule has 1 fully saturated rings. The fourth-order valence-corrected chi connectivity index (χ4v) is 5.60. The van der Waals surface area contributed by atoms with Gasteiger partial charge >= 0.3 is 0 Å². The number of thioether (sulfide) groups is 1. The minimum Gasteiger partial charge on any atom is -0.339 e. The number of nitrogens with zero attached hydrogens (tertiary/aromatic N) is 1. The van der Waals surface area contributed by atoms with Crippen LogP contribution in [-0.4, -0.2) is 38.6 Å². The average Bonchev–Trinajstić information content (AvgIpc) is 3.03. The number of para-hydroxylation sites is 1. The van der Waals surface area contributed by atoms with Gasteiger partial charge in [-0.25, -0.2) is 8.42 Å². The summed E-state index contributed by atoms with van der Waals surface area (Å²) >= 11 is 1.46. The van der Waals surface area contributed by atoms with Crippen molar-refractivity contribution in [2.45, 2.75) is 55.7 Å². The molecular weight excluding hydrogens is 416 g/mol. The molecule has 1 aliphatic heterocycles. The van der Waals surface area contributed by atoms with Crippen LogP contribution >= 0.6 is 11.8 Å². The van der Waals surface area contributed by atoms with Crippen LogP contribution in [0.2, 0.25) is 0 Å². The summed E-state index contributed by atoms with van der Waals surface area (Å²) in [6.45, 7) is 5.34. The van der Waals surface area contributed by atoms with Gasteiger partial charge in [0.25, 0.3) is 15.9 Å². The number of amides is 1. The van der Waals surface area contributed by atoms with E-state index in [1.807, 2.05) is 43.2 Å². The first-order valence-corrected chi connectivity index (χ1v) is 13.2. The molecule has 0 saturated carbocycles. The molecule has 1 heterocycles. The van der Waals surface area contributed by atoms with Crippen molar-refractivity contribution in [1.82, 2.24) is 4.90 Å². The molecule has 1 amide bonds. The highest BCUT2D eigenvalue weighted by Crippen LogP contribution is 2.29. The lowest BCUT2D eigenvalue weighted by atomic mass is 10.1. The van der Waals surface area contributed by atoms with Crippen molar-refractivity contribution in [2.75, 3.05) is 24.1 Å². The van der Waals surface area contributed by atoms with Gasteiger partial charge < -0.3 is 4.90 Å². The lowest BCUT2D eigenvalue weighted by Crippen LogP contribution is -2.32. The predicted octanol–water partition coefficient (Wildman–Crippen LogP) is 5.10. The number of likely N-dealkylation sites (tertiary alicyclic amines) is 1. The molecule has 0 bridgehead atoms. The second-order valence-electron chi connectivity index (χ2n) is 7.64. The van der Waals surface area contributed by atoms with Crippen LogP contribution in [0.3, 0.4) is 0 Å². The van der Waals surface area contributed by atoms with Crippen molar-refractivity contribution in [3.63, 3.8) is 0 Å². The number of carbonyl (C=O) groups is 1. The quantitative estimate of drug-likeness (QED) is 0.627. The van der Waals surface area contributed by atoms with Crippen molar-refractivity contribution in [3.05, 3.63) is 53.1 Å². The van der Waals surface area contributed by atoms with Gasteiger partial charge in [0.2, 0.25) is 0 Å². The maximum absolute atomic E-state index is 13.2. The van der Waals surface area contributed by atoms with E-state index in [1.54, 1.807) is 12.1 Å². The van der Waals surface area contributed by atoms with Crippen molar-refractivity contribution in [3.8, 4) is 0 Å². The topological polar surface area (TPSA) is 66.5 Å². The number of aryl methyl sites for hydroxylation is 2. The first kappa shape index (κ1) is 22.7. The molecule has 1 aliphatic rings. The molecule has 30 heavy (non-hydrogen) atoms. The molecule has 5 nitrogen and oxygen atoms in total. The molecule has 0 radical (unpaired) electrons. The van der Waals surface area contributed by atoms with Crippen LogP contribution in [0.5, 0.6) is 0 Å². The molecule has 0 spiro atoms. The third-order valence-corrected chi connectivity index (χ3v) is 7.72. The standard InChI is InChI=1S/C23H30N2O3S2/c1-4-18-11-9-10-17(2)22(18)24-30(27,28)19-12-13-21(29-3)20(16-19)23(26)25-14-7-5-6-8-15-25/h9-13,16,24H,4-8,14-15H2,1-3H3. The summed E-state index contributed by atoms with van der Waals surface area (Å²) in [6, 6.07) is 10.6.